The molecule has 0 spiro atoms. The van der Waals surface area contributed by atoms with Gasteiger partial charge in [0.2, 0.25) is 0 Å². The lowest BCUT2D eigenvalue weighted by Gasteiger charge is -2.23. The molecule has 100 valence electrons. The van der Waals surface area contributed by atoms with Crippen LogP contribution >= 0.6 is 0 Å². The molecule has 0 amide bonds. The molecule has 0 N–H and O–H groups in total. The predicted octanol–water partition coefficient (Wildman–Crippen LogP) is 4.09. The van der Waals surface area contributed by atoms with Crippen LogP contribution in [0.2, 0.25) is 0 Å². The smallest absolute Gasteiger partial charge is 0.0462 e. The summed E-state index contributed by atoms with van der Waals surface area (Å²) >= 11 is 0. The van der Waals surface area contributed by atoms with Crippen molar-refractivity contribution >= 4 is 0 Å². The Morgan fingerprint density at radius 3 is 2.78 bits per heavy atom. The van der Waals surface area contributed by atoms with Crippen LogP contribution in [0.4, 0.5) is 0 Å². The quantitative estimate of drug-likeness (QED) is 0.706. The van der Waals surface area contributed by atoms with Crippen molar-refractivity contribution in [2.45, 2.75) is 51.4 Å². The van der Waals surface area contributed by atoms with Crippen LogP contribution in [-0.4, -0.2) is 18.7 Å². The highest BCUT2D eigenvalue weighted by atomic mass is 16.5. The van der Waals surface area contributed by atoms with Crippen molar-refractivity contribution in [3.8, 4) is 0 Å². The van der Waals surface area contributed by atoms with E-state index in [0.29, 0.717) is 5.92 Å². The van der Waals surface area contributed by atoms with Gasteiger partial charge in [-0.05, 0) is 50.7 Å². The molecule has 1 atom stereocenters. The molecule has 2 rings (SSSR count). The molecule has 0 aliphatic heterocycles. The van der Waals surface area contributed by atoms with Gasteiger partial charge in [-0.15, -0.1) is 0 Å². The number of aromatic nitrogens is 1. The number of aryl methyl sites for hydroxylation is 1. The normalized spacial score (nSPS) is 18.1. The maximum absolute atomic E-state index is 5.19. The van der Waals surface area contributed by atoms with Gasteiger partial charge in [-0.2, -0.15) is 0 Å². The van der Waals surface area contributed by atoms with E-state index in [1.807, 2.05) is 0 Å². The molecule has 2 nitrogen and oxygen atoms in total. The van der Waals surface area contributed by atoms with Gasteiger partial charge in [-0.25, -0.2) is 0 Å². The average molecular weight is 247 g/mol. The highest BCUT2D eigenvalue weighted by Crippen LogP contribution is 2.39. The van der Waals surface area contributed by atoms with E-state index in [2.05, 4.69) is 25.1 Å². The zero-order valence-corrected chi connectivity index (χ0v) is 11.7. The summed E-state index contributed by atoms with van der Waals surface area (Å²) in [7, 11) is 1.79. The van der Waals surface area contributed by atoms with Gasteiger partial charge in [-0.3, -0.25) is 4.98 Å². The summed E-state index contributed by atoms with van der Waals surface area (Å²) in [4.78, 5) is 4.76. The van der Waals surface area contributed by atoms with Gasteiger partial charge < -0.3 is 4.74 Å². The van der Waals surface area contributed by atoms with Crippen molar-refractivity contribution in [2.24, 2.45) is 5.92 Å². The minimum absolute atomic E-state index is 0.641. The van der Waals surface area contributed by atoms with E-state index in [9.17, 15) is 0 Å². The number of pyridine rings is 1. The molecule has 1 aromatic rings. The first-order chi connectivity index (χ1) is 8.81. The van der Waals surface area contributed by atoms with Crippen molar-refractivity contribution in [2.75, 3.05) is 13.7 Å². The summed E-state index contributed by atoms with van der Waals surface area (Å²) in [5.74, 6) is 1.48. The molecule has 1 aliphatic rings. The van der Waals surface area contributed by atoms with Crippen molar-refractivity contribution < 1.29 is 4.74 Å². The summed E-state index contributed by atoms with van der Waals surface area (Å²) in [6, 6.07) is 6.45. The Bertz CT molecular complexity index is 358. The van der Waals surface area contributed by atoms with Gasteiger partial charge in [0.1, 0.15) is 0 Å². The van der Waals surface area contributed by atoms with Crippen LogP contribution in [0.15, 0.2) is 18.2 Å². The lowest BCUT2D eigenvalue weighted by molar-refractivity contribution is 0.186. The van der Waals surface area contributed by atoms with Gasteiger partial charge >= 0.3 is 0 Å². The summed E-state index contributed by atoms with van der Waals surface area (Å²) in [5, 5.41) is 0. The Morgan fingerprint density at radius 1 is 1.33 bits per heavy atom. The molecule has 1 aromatic heterocycles. The third-order valence-electron chi connectivity index (χ3n) is 4.12. The standard InChI is InChI=1S/C16H25NO/c1-13-7-5-11-16(17-13)15(10-6-12-18-2)14-8-3-4-9-14/h5,7,11,14-15H,3-4,6,8-10,12H2,1-2H3. The number of rotatable bonds is 6. The van der Waals surface area contributed by atoms with E-state index in [-0.39, 0.29) is 0 Å². The van der Waals surface area contributed by atoms with Crippen LogP contribution in [0.1, 0.15) is 55.8 Å². The Morgan fingerprint density at radius 2 is 2.11 bits per heavy atom. The van der Waals surface area contributed by atoms with E-state index >= 15 is 0 Å². The third kappa shape index (κ3) is 3.55. The van der Waals surface area contributed by atoms with Gasteiger partial charge in [0.25, 0.3) is 0 Å². The second-order valence-corrected chi connectivity index (χ2v) is 5.49. The second-order valence-electron chi connectivity index (χ2n) is 5.49. The van der Waals surface area contributed by atoms with Gasteiger partial charge in [0, 0.05) is 31.0 Å². The largest absolute Gasteiger partial charge is 0.385 e. The fourth-order valence-corrected chi connectivity index (χ4v) is 3.20. The first-order valence-electron chi connectivity index (χ1n) is 7.23. The minimum Gasteiger partial charge on any atom is -0.385 e. The van der Waals surface area contributed by atoms with E-state index in [0.717, 1.165) is 24.6 Å². The summed E-state index contributed by atoms with van der Waals surface area (Å²) < 4.78 is 5.19. The van der Waals surface area contributed by atoms with E-state index in [1.165, 1.54) is 37.8 Å². The Balaban J connectivity index is 2.07. The maximum Gasteiger partial charge on any atom is 0.0462 e. The lowest BCUT2D eigenvalue weighted by Crippen LogP contribution is -2.13. The van der Waals surface area contributed by atoms with Crippen molar-refractivity contribution in [3.05, 3.63) is 29.6 Å². The molecule has 1 fully saturated rings. The zero-order valence-electron chi connectivity index (χ0n) is 11.7. The molecular formula is C16H25NO. The van der Waals surface area contributed by atoms with Crippen LogP contribution in [0.5, 0.6) is 0 Å². The number of nitrogens with zero attached hydrogens (tertiary/aromatic N) is 1. The second kappa shape index (κ2) is 6.89. The molecule has 1 unspecified atom stereocenters. The highest BCUT2D eigenvalue weighted by molar-refractivity contribution is 5.15. The van der Waals surface area contributed by atoms with Crippen LogP contribution in [-0.2, 0) is 4.74 Å². The number of hydrogen-bond donors (Lipinski definition) is 0. The first kappa shape index (κ1) is 13.5. The van der Waals surface area contributed by atoms with Gasteiger partial charge in [0.05, 0.1) is 0 Å². The molecule has 1 heterocycles. The Kier molecular flexibility index (Phi) is 5.18. The van der Waals surface area contributed by atoms with Crippen LogP contribution in [0.25, 0.3) is 0 Å². The van der Waals surface area contributed by atoms with Crippen molar-refractivity contribution in [3.63, 3.8) is 0 Å². The van der Waals surface area contributed by atoms with Crippen molar-refractivity contribution in [1.29, 1.82) is 0 Å². The molecular weight excluding hydrogens is 222 g/mol. The molecule has 1 aliphatic carbocycles. The third-order valence-corrected chi connectivity index (χ3v) is 4.12. The fourth-order valence-electron chi connectivity index (χ4n) is 3.20. The Labute approximate surface area is 111 Å². The van der Waals surface area contributed by atoms with Crippen LogP contribution in [0.3, 0.4) is 0 Å². The highest BCUT2D eigenvalue weighted by Gasteiger charge is 2.26. The zero-order chi connectivity index (χ0) is 12.8. The minimum atomic E-state index is 0.641. The van der Waals surface area contributed by atoms with Gasteiger partial charge in [-0.1, -0.05) is 18.9 Å². The molecule has 0 aromatic carbocycles. The molecule has 18 heavy (non-hydrogen) atoms. The van der Waals surface area contributed by atoms with Crippen LogP contribution < -0.4 is 0 Å². The molecule has 0 bridgehead atoms. The van der Waals surface area contributed by atoms with E-state index < -0.39 is 0 Å². The summed E-state index contributed by atoms with van der Waals surface area (Å²) in [6.45, 7) is 2.96. The average Bonchev–Trinajstić information content (AvgIpc) is 2.88. The molecule has 1 saturated carbocycles. The SMILES string of the molecule is COCCCC(c1cccc(C)n1)C1CCCC1. The fraction of sp³-hybridized carbons (Fsp3) is 0.688. The van der Waals surface area contributed by atoms with Crippen molar-refractivity contribution in [1.82, 2.24) is 4.98 Å². The van der Waals surface area contributed by atoms with Gasteiger partial charge in [0.15, 0.2) is 0 Å². The maximum atomic E-state index is 5.19. The molecule has 0 radical (unpaired) electrons. The topological polar surface area (TPSA) is 22.1 Å². The lowest BCUT2D eigenvalue weighted by atomic mass is 9.84. The number of methoxy groups -OCH3 is 1. The molecule has 0 saturated heterocycles. The van der Waals surface area contributed by atoms with E-state index in [4.69, 9.17) is 9.72 Å². The number of hydrogen-bond acceptors (Lipinski definition) is 2. The summed E-state index contributed by atoms with van der Waals surface area (Å²) in [5.41, 5.74) is 2.44. The van der Waals surface area contributed by atoms with E-state index in [1.54, 1.807) is 7.11 Å². The summed E-state index contributed by atoms with van der Waals surface area (Å²) in [6.07, 6.45) is 7.93. The Hall–Kier alpha value is -0.890. The predicted molar refractivity (Wildman–Crippen MR) is 74.8 cm³/mol. The number of ether oxygens (including phenoxy) is 1. The molecule has 2 heteroatoms. The monoisotopic (exact) mass is 247 g/mol. The first-order valence-corrected chi connectivity index (χ1v) is 7.23. The van der Waals surface area contributed by atoms with Crippen LogP contribution in [0, 0.1) is 12.8 Å².